The lowest BCUT2D eigenvalue weighted by atomic mass is 9.93. The molecular weight excluding hydrogens is 344 g/mol. The molecule has 3 aromatic heterocycles. The van der Waals surface area contributed by atoms with E-state index in [0.29, 0.717) is 6.04 Å². The van der Waals surface area contributed by atoms with E-state index in [-0.39, 0.29) is 6.10 Å². The number of aromatic nitrogens is 3. The second-order valence-corrected chi connectivity index (χ2v) is 8.01. The minimum Gasteiger partial charge on any atom is -0.393 e. The molecule has 1 aromatic carbocycles. The van der Waals surface area contributed by atoms with Gasteiger partial charge < -0.3 is 10.4 Å². The highest BCUT2D eigenvalue weighted by molar-refractivity contribution is 7.22. The van der Waals surface area contributed by atoms with E-state index in [1.165, 1.54) is 15.0 Å². The summed E-state index contributed by atoms with van der Waals surface area (Å²) in [5.74, 6) is 0.860. The Balaban J connectivity index is 1.49. The molecule has 4 aromatic rings. The van der Waals surface area contributed by atoms with Gasteiger partial charge in [-0.15, -0.1) is 16.4 Å². The van der Waals surface area contributed by atoms with Crippen molar-refractivity contribution in [1.82, 2.24) is 14.6 Å². The Morgan fingerprint density at radius 3 is 2.77 bits per heavy atom. The third-order valence-corrected chi connectivity index (χ3v) is 6.23. The first-order valence-corrected chi connectivity index (χ1v) is 9.86. The maximum absolute atomic E-state index is 9.67. The summed E-state index contributed by atoms with van der Waals surface area (Å²) >= 11 is 1.76. The van der Waals surface area contributed by atoms with Crippen LogP contribution in [0.2, 0.25) is 0 Å². The number of aliphatic hydroxyl groups excluding tert-OH is 1. The van der Waals surface area contributed by atoms with E-state index in [9.17, 15) is 5.11 Å². The van der Waals surface area contributed by atoms with Crippen LogP contribution in [0, 0.1) is 0 Å². The molecule has 2 N–H and O–H groups in total. The molecule has 1 saturated carbocycles. The average Bonchev–Trinajstić information content (AvgIpc) is 3.26. The van der Waals surface area contributed by atoms with Crippen LogP contribution in [0.5, 0.6) is 0 Å². The number of anilines is 1. The molecule has 0 bridgehead atoms. The van der Waals surface area contributed by atoms with Gasteiger partial charge in [0.15, 0.2) is 5.65 Å². The number of hydrogen-bond donors (Lipinski definition) is 2. The van der Waals surface area contributed by atoms with Crippen molar-refractivity contribution >= 4 is 32.9 Å². The quantitative estimate of drug-likeness (QED) is 0.568. The molecule has 3 heterocycles. The third kappa shape index (κ3) is 2.85. The molecule has 6 heteroatoms. The van der Waals surface area contributed by atoms with Gasteiger partial charge in [-0.05, 0) is 55.3 Å². The van der Waals surface area contributed by atoms with Gasteiger partial charge in [0.05, 0.1) is 17.2 Å². The molecule has 1 aliphatic rings. The largest absolute Gasteiger partial charge is 0.393 e. The molecule has 132 valence electrons. The summed E-state index contributed by atoms with van der Waals surface area (Å²) in [5.41, 5.74) is 1.87. The van der Waals surface area contributed by atoms with E-state index >= 15 is 0 Å². The van der Waals surface area contributed by atoms with Crippen molar-refractivity contribution < 1.29 is 5.11 Å². The van der Waals surface area contributed by atoms with Crippen LogP contribution in [0.3, 0.4) is 0 Å². The molecule has 0 amide bonds. The van der Waals surface area contributed by atoms with Gasteiger partial charge in [0.1, 0.15) is 11.5 Å². The number of nitrogens with zero attached hydrogens (tertiary/aromatic N) is 3. The van der Waals surface area contributed by atoms with E-state index in [0.717, 1.165) is 42.8 Å². The van der Waals surface area contributed by atoms with E-state index in [1.54, 1.807) is 11.3 Å². The molecule has 5 nitrogen and oxygen atoms in total. The van der Waals surface area contributed by atoms with Crippen LogP contribution in [0.1, 0.15) is 25.7 Å². The Hall–Kier alpha value is -2.44. The highest BCUT2D eigenvalue weighted by atomic mass is 32.1. The average molecular weight is 364 g/mol. The van der Waals surface area contributed by atoms with Crippen LogP contribution >= 0.6 is 11.3 Å². The smallest absolute Gasteiger partial charge is 0.154 e. The summed E-state index contributed by atoms with van der Waals surface area (Å²) in [6.45, 7) is 0. The Kier molecular flexibility index (Phi) is 3.87. The van der Waals surface area contributed by atoms with Crippen molar-refractivity contribution in [3.8, 4) is 10.6 Å². The lowest BCUT2D eigenvalue weighted by Gasteiger charge is -2.26. The summed E-state index contributed by atoms with van der Waals surface area (Å²) in [6.07, 6.45) is 5.43. The molecule has 5 rings (SSSR count). The molecule has 0 spiro atoms. The van der Waals surface area contributed by atoms with Crippen LogP contribution in [-0.2, 0) is 0 Å². The van der Waals surface area contributed by atoms with Crippen LogP contribution in [-0.4, -0.2) is 31.9 Å². The van der Waals surface area contributed by atoms with Crippen molar-refractivity contribution in [2.45, 2.75) is 37.8 Å². The van der Waals surface area contributed by atoms with Crippen molar-refractivity contribution in [3.05, 3.63) is 48.7 Å². The minimum absolute atomic E-state index is 0.142. The number of thiophene rings is 1. The summed E-state index contributed by atoms with van der Waals surface area (Å²) in [4.78, 5) is 5.68. The van der Waals surface area contributed by atoms with Crippen molar-refractivity contribution in [3.63, 3.8) is 0 Å². The zero-order valence-corrected chi connectivity index (χ0v) is 15.1. The first-order valence-electron chi connectivity index (χ1n) is 9.04. The predicted molar refractivity (Wildman–Crippen MR) is 106 cm³/mol. The molecule has 0 unspecified atom stereocenters. The topological polar surface area (TPSA) is 62.5 Å². The minimum atomic E-state index is -0.142. The summed E-state index contributed by atoms with van der Waals surface area (Å²) in [7, 11) is 0. The fraction of sp³-hybridized carbons (Fsp3) is 0.300. The summed E-state index contributed by atoms with van der Waals surface area (Å²) in [5, 5.41) is 19.2. The molecule has 26 heavy (non-hydrogen) atoms. The number of hydrogen-bond acceptors (Lipinski definition) is 5. The monoisotopic (exact) mass is 364 g/mol. The van der Waals surface area contributed by atoms with Gasteiger partial charge in [-0.25, -0.2) is 9.50 Å². The molecular formula is C20H20N4OS. The SMILES string of the molecule is OC1CCC(Nc2ccc3ncc(-c4cc5ccccc5s4)n3n2)CC1. The molecule has 1 fully saturated rings. The fourth-order valence-corrected chi connectivity index (χ4v) is 4.71. The number of aliphatic hydroxyl groups is 1. The number of benzene rings is 1. The van der Waals surface area contributed by atoms with E-state index in [1.807, 2.05) is 22.8 Å². The van der Waals surface area contributed by atoms with E-state index < -0.39 is 0 Å². The van der Waals surface area contributed by atoms with Crippen LogP contribution < -0.4 is 5.32 Å². The Morgan fingerprint density at radius 1 is 1.08 bits per heavy atom. The van der Waals surface area contributed by atoms with Crippen LogP contribution in [0.4, 0.5) is 5.82 Å². The van der Waals surface area contributed by atoms with Gasteiger partial charge in [-0.1, -0.05) is 18.2 Å². The summed E-state index contributed by atoms with van der Waals surface area (Å²) in [6, 6.07) is 15.0. The van der Waals surface area contributed by atoms with E-state index in [2.05, 4.69) is 40.6 Å². The molecule has 1 aliphatic carbocycles. The molecule has 0 aliphatic heterocycles. The van der Waals surface area contributed by atoms with Crippen molar-refractivity contribution in [1.29, 1.82) is 0 Å². The number of fused-ring (bicyclic) bond motifs is 2. The molecule has 0 atom stereocenters. The van der Waals surface area contributed by atoms with Crippen LogP contribution in [0.25, 0.3) is 26.3 Å². The molecule has 0 radical (unpaired) electrons. The van der Waals surface area contributed by atoms with Gasteiger partial charge in [-0.3, -0.25) is 0 Å². The van der Waals surface area contributed by atoms with Crippen molar-refractivity contribution in [2.75, 3.05) is 5.32 Å². The highest BCUT2D eigenvalue weighted by Gasteiger charge is 2.20. The van der Waals surface area contributed by atoms with Gasteiger partial charge in [-0.2, -0.15) is 0 Å². The highest BCUT2D eigenvalue weighted by Crippen LogP contribution is 2.33. The number of nitrogens with one attached hydrogen (secondary N) is 1. The first kappa shape index (κ1) is 15.8. The lowest BCUT2D eigenvalue weighted by Crippen LogP contribution is -2.28. The zero-order chi connectivity index (χ0) is 17.5. The number of rotatable bonds is 3. The van der Waals surface area contributed by atoms with E-state index in [4.69, 9.17) is 5.10 Å². The maximum Gasteiger partial charge on any atom is 0.154 e. The van der Waals surface area contributed by atoms with Gasteiger partial charge in [0.2, 0.25) is 0 Å². The second kappa shape index (κ2) is 6.37. The first-order chi connectivity index (χ1) is 12.8. The van der Waals surface area contributed by atoms with Crippen molar-refractivity contribution in [2.24, 2.45) is 0 Å². The maximum atomic E-state index is 9.67. The zero-order valence-electron chi connectivity index (χ0n) is 14.3. The number of imidazole rings is 1. The van der Waals surface area contributed by atoms with Gasteiger partial charge in [0.25, 0.3) is 0 Å². The predicted octanol–water partition coefficient (Wildman–Crippen LogP) is 4.33. The second-order valence-electron chi connectivity index (χ2n) is 6.93. The summed E-state index contributed by atoms with van der Waals surface area (Å²) < 4.78 is 3.19. The molecule has 0 saturated heterocycles. The Bertz CT molecular complexity index is 1030. The normalized spacial score (nSPS) is 20.7. The van der Waals surface area contributed by atoms with Gasteiger partial charge >= 0.3 is 0 Å². The Morgan fingerprint density at radius 2 is 1.92 bits per heavy atom. The lowest BCUT2D eigenvalue weighted by molar-refractivity contribution is 0.126. The van der Waals surface area contributed by atoms with Gasteiger partial charge in [0, 0.05) is 10.7 Å². The Labute approximate surface area is 155 Å². The standard InChI is InChI=1S/C20H20N4OS/c25-15-7-5-14(6-8-15)22-19-9-10-20-21-12-16(24(20)23-19)18-11-13-3-1-2-4-17(13)26-18/h1-4,9-12,14-15,25H,5-8H2,(H,22,23). The fourth-order valence-electron chi connectivity index (χ4n) is 3.66. The third-order valence-electron chi connectivity index (χ3n) is 5.09. The van der Waals surface area contributed by atoms with Crippen LogP contribution in [0.15, 0.2) is 48.7 Å².